The summed E-state index contributed by atoms with van der Waals surface area (Å²) in [7, 11) is 0. The average Bonchev–Trinajstić information content (AvgIpc) is 2.60. The van der Waals surface area contributed by atoms with Gasteiger partial charge in [-0.05, 0) is 55.5 Å². The van der Waals surface area contributed by atoms with E-state index in [9.17, 15) is 0 Å². The van der Waals surface area contributed by atoms with Gasteiger partial charge in [-0.3, -0.25) is 9.98 Å². The number of nitrogens with two attached hydrogens (primary N) is 1. The Morgan fingerprint density at radius 1 is 1.29 bits per heavy atom. The van der Waals surface area contributed by atoms with Crippen molar-refractivity contribution < 1.29 is 4.74 Å². The molecule has 126 valence electrons. The Hall–Kier alpha value is -2.01. The number of aryl methyl sites for hydroxylation is 1. The molecule has 1 aliphatic rings. The molecule has 1 aromatic heterocycles. The maximum atomic E-state index is 5.93. The summed E-state index contributed by atoms with van der Waals surface area (Å²) in [5.74, 6) is 1.90. The number of hydrogen-bond donors (Lipinski definition) is 1. The highest BCUT2D eigenvalue weighted by Crippen LogP contribution is 2.36. The molecule has 1 unspecified atom stereocenters. The molecule has 24 heavy (non-hydrogen) atoms. The third-order valence-electron chi connectivity index (χ3n) is 4.25. The minimum Gasteiger partial charge on any atom is -0.494 e. The van der Waals surface area contributed by atoms with Crippen LogP contribution in [-0.2, 0) is 12.0 Å². The molecule has 1 aliphatic heterocycles. The maximum Gasteiger partial charge on any atom is 0.154 e. The second-order valence-corrected chi connectivity index (χ2v) is 7.28. The molecule has 0 saturated carbocycles. The van der Waals surface area contributed by atoms with Crippen LogP contribution in [0.15, 0.2) is 53.8 Å². The number of rotatable bonds is 6. The van der Waals surface area contributed by atoms with Gasteiger partial charge in [0.25, 0.3) is 0 Å². The Labute approximate surface area is 147 Å². The minimum atomic E-state index is -0.246. The molecular weight excluding hydrogens is 318 g/mol. The van der Waals surface area contributed by atoms with Crippen LogP contribution >= 0.6 is 11.8 Å². The Balaban J connectivity index is 1.58. The number of aromatic nitrogens is 1. The monoisotopic (exact) mass is 341 g/mol. The molecule has 5 heteroatoms. The highest BCUT2D eigenvalue weighted by molar-refractivity contribution is 8.13. The third kappa shape index (κ3) is 4.29. The van der Waals surface area contributed by atoms with Gasteiger partial charge in [0.2, 0.25) is 0 Å². The largest absolute Gasteiger partial charge is 0.494 e. The Morgan fingerprint density at radius 3 is 3.00 bits per heavy atom. The molecule has 0 spiro atoms. The zero-order valence-electron chi connectivity index (χ0n) is 13.9. The van der Waals surface area contributed by atoms with Crippen LogP contribution in [0.25, 0.3) is 0 Å². The van der Waals surface area contributed by atoms with Gasteiger partial charge in [-0.15, -0.1) is 0 Å². The fourth-order valence-electron chi connectivity index (χ4n) is 2.83. The molecule has 0 fully saturated rings. The Morgan fingerprint density at radius 2 is 2.21 bits per heavy atom. The summed E-state index contributed by atoms with van der Waals surface area (Å²) in [6.07, 6.45) is 6.64. The Bertz CT molecular complexity index is 705. The van der Waals surface area contributed by atoms with Gasteiger partial charge in [-0.1, -0.05) is 30.0 Å². The lowest BCUT2D eigenvalue weighted by Crippen LogP contribution is -2.28. The molecule has 2 aromatic rings. The molecule has 2 N–H and O–H groups in total. The maximum absolute atomic E-state index is 5.93. The summed E-state index contributed by atoms with van der Waals surface area (Å²) in [5, 5.41) is 0.673. The van der Waals surface area contributed by atoms with Crippen molar-refractivity contribution in [1.82, 2.24) is 4.98 Å². The van der Waals surface area contributed by atoms with Crippen LogP contribution in [0.2, 0.25) is 0 Å². The van der Waals surface area contributed by atoms with Crippen molar-refractivity contribution >= 4 is 16.9 Å². The van der Waals surface area contributed by atoms with E-state index in [4.69, 9.17) is 10.5 Å². The van der Waals surface area contributed by atoms with Gasteiger partial charge in [0, 0.05) is 18.1 Å². The van der Waals surface area contributed by atoms with Gasteiger partial charge in [0.15, 0.2) is 5.17 Å². The molecule has 0 bridgehead atoms. The van der Waals surface area contributed by atoms with Crippen LogP contribution in [0.5, 0.6) is 5.75 Å². The van der Waals surface area contributed by atoms with E-state index in [0.717, 1.165) is 36.3 Å². The minimum absolute atomic E-state index is 0.246. The molecular formula is C19H23N3OS. The molecule has 0 radical (unpaired) electrons. The van der Waals surface area contributed by atoms with Crippen LogP contribution in [0.3, 0.4) is 0 Å². The predicted molar refractivity (Wildman–Crippen MR) is 101 cm³/mol. The van der Waals surface area contributed by atoms with Gasteiger partial charge in [-0.25, -0.2) is 0 Å². The summed E-state index contributed by atoms with van der Waals surface area (Å²) in [6, 6.07) is 12.3. The SMILES string of the molecule is CC1(c2cccc(OCCCc3cccnc3)c2)CCSC(N)=N1. The van der Waals surface area contributed by atoms with E-state index in [1.54, 1.807) is 18.0 Å². The molecule has 3 rings (SSSR count). The van der Waals surface area contributed by atoms with E-state index in [1.165, 1.54) is 5.56 Å². The first kappa shape index (κ1) is 16.8. The lowest BCUT2D eigenvalue weighted by Gasteiger charge is -2.30. The topological polar surface area (TPSA) is 60.5 Å². The number of amidine groups is 1. The second kappa shape index (κ2) is 7.71. The summed E-state index contributed by atoms with van der Waals surface area (Å²) in [4.78, 5) is 8.79. The standard InChI is InChI=1S/C19H23N3OS/c1-19(9-12-24-18(20)22-19)16-7-2-8-17(13-16)23-11-4-6-15-5-3-10-21-14-15/h2-3,5,7-8,10,13-14H,4,6,9,11-12H2,1H3,(H2,20,22). The van der Waals surface area contributed by atoms with E-state index >= 15 is 0 Å². The van der Waals surface area contributed by atoms with Crippen molar-refractivity contribution in [2.75, 3.05) is 12.4 Å². The fourth-order valence-corrected chi connectivity index (χ4v) is 3.80. The van der Waals surface area contributed by atoms with Gasteiger partial charge in [-0.2, -0.15) is 0 Å². The van der Waals surface area contributed by atoms with Crippen LogP contribution in [0.1, 0.15) is 30.9 Å². The molecule has 1 aromatic carbocycles. The highest BCUT2D eigenvalue weighted by Gasteiger charge is 2.29. The van der Waals surface area contributed by atoms with Crippen molar-refractivity contribution in [3.8, 4) is 5.75 Å². The summed E-state index contributed by atoms with van der Waals surface area (Å²) in [5.41, 5.74) is 8.08. The second-order valence-electron chi connectivity index (χ2n) is 6.16. The van der Waals surface area contributed by atoms with E-state index < -0.39 is 0 Å². The van der Waals surface area contributed by atoms with E-state index in [0.29, 0.717) is 11.8 Å². The molecule has 2 heterocycles. The van der Waals surface area contributed by atoms with Crippen molar-refractivity contribution in [2.45, 2.75) is 31.7 Å². The van der Waals surface area contributed by atoms with Crippen LogP contribution in [0.4, 0.5) is 0 Å². The van der Waals surface area contributed by atoms with Crippen LogP contribution in [-0.4, -0.2) is 22.5 Å². The van der Waals surface area contributed by atoms with Crippen LogP contribution in [0, 0.1) is 0 Å². The molecule has 1 atom stereocenters. The molecule has 4 nitrogen and oxygen atoms in total. The van der Waals surface area contributed by atoms with Crippen molar-refractivity contribution in [1.29, 1.82) is 0 Å². The number of aliphatic imine (C=N–C) groups is 1. The van der Waals surface area contributed by atoms with Crippen molar-refractivity contribution in [3.63, 3.8) is 0 Å². The lowest BCUT2D eigenvalue weighted by atomic mass is 9.90. The zero-order valence-corrected chi connectivity index (χ0v) is 14.8. The predicted octanol–water partition coefficient (Wildman–Crippen LogP) is 3.76. The Kier molecular flexibility index (Phi) is 5.41. The average molecular weight is 341 g/mol. The zero-order chi connectivity index (χ0) is 16.8. The van der Waals surface area contributed by atoms with Crippen molar-refractivity contribution in [3.05, 3.63) is 59.9 Å². The summed E-state index contributed by atoms with van der Waals surface area (Å²) < 4.78 is 5.93. The van der Waals surface area contributed by atoms with Gasteiger partial charge in [0.1, 0.15) is 5.75 Å². The first-order valence-corrected chi connectivity index (χ1v) is 9.25. The van der Waals surface area contributed by atoms with Crippen molar-refractivity contribution in [2.24, 2.45) is 10.7 Å². The molecule has 0 saturated heterocycles. The summed E-state index contributed by atoms with van der Waals surface area (Å²) in [6.45, 7) is 2.83. The number of pyridine rings is 1. The fraction of sp³-hybridized carbons (Fsp3) is 0.368. The molecule has 0 aliphatic carbocycles. The molecule has 0 amide bonds. The lowest BCUT2D eigenvalue weighted by molar-refractivity contribution is 0.309. The van der Waals surface area contributed by atoms with Gasteiger partial charge >= 0.3 is 0 Å². The number of nitrogens with zero attached hydrogens (tertiary/aromatic N) is 2. The van der Waals surface area contributed by atoms with Gasteiger partial charge in [0.05, 0.1) is 12.1 Å². The van der Waals surface area contributed by atoms with Crippen LogP contribution < -0.4 is 10.5 Å². The van der Waals surface area contributed by atoms with E-state index in [1.807, 2.05) is 24.4 Å². The van der Waals surface area contributed by atoms with E-state index in [-0.39, 0.29) is 5.54 Å². The number of ether oxygens (including phenoxy) is 1. The third-order valence-corrected chi connectivity index (χ3v) is 5.05. The highest BCUT2D eigenvalue weighted by atomic mass is 32.2. The first-order valence-electron chi connectivity index (χ1n) is 8.26. The smallest absolute Gasteiger partial charge is 0.154 e. The first-order chi connectivity index (χ1) is 11.7. The normalized spacial score (nSPS) is 20.5. The number of hydrogen-bond acceptors (Lipinski definition) is 5. The quantitative estimate of drug-likeness (QED) is 0.813. The number of benzene rings is 1. The van der Waals surface area contributed by atoms with E-state index in [2.05, 4.69) is 35.1 Å². The number of thioether (sulfide) groups is 1. The summed E-state index contributed by atoms with van der Waals surface area (Å²) >= 11 is 1.63. The van der Waals surface area contributed by atoms with Gasteiger partial charge < -0.3 is 10.5 Å².